The van der Waals surface area contributed by atoms with Gasteiger partial charge in [0.25, 0.3) is 5.91 Å². The molecule has 0 aliphatic rings. The third kappa shape index (κ3) is 4.61. The average molecular weight is 361 g/mol. The summed E-state index contributed by atoms with van der Waals surface area (Å²) in [6.07, 6.45) is 3.03. The first-order chi connectivity index (χ1) is 12.9. The Bertz CT molecular complexity index is 934. The minimum atomic E-state index is -0.293. The molecule has 2 N–H and O–H groups in total. The summed E-state index contributed by atoms with van der Waals surface area (Å²) < 4.78 is 0. The van der Waals surface area contributed by atoms with E-state index in [1.54, 1.807) is 6.20 Å². The first-order valence-corrected chi connectivity index (χ1v) is 8.67. The van der Waals surface area contributed by atoms with E-state index in [4.69, 9.17) is 0 Å². The van der Waals surface area contributed by atoms with Crippen LogP contribution in [-0.2, 0) is 0 Å². The van der Waals surface area contributed by atoms with Crippen LogP contribution < -0.4 is 15.5 Å². The lowest BCUT2D eigenvalue weighted by Gasteiger charge is -2.13. The maximum Gasteiger partial charge on any atom is 0.275 e. The van der Waals surface area contributed by atoms with Crippen LogP contribution in [0.5, 0.6) is 0 Å². The van der Waals surface area contributed by atoms with E-state index in [-0.39, 0.29) is 11.6 Å². The van der Waals surface area contributed by atoms with E-state index in [0.717, 1.165) is 22.5 Å². The van der Waals surface area contributed by atoms with E-state index in [1.807, 2.05) is 57.1 Å². The molecule has 0 radical (unpaired) electrons. The number of aryl methyl sites for hydroxylation is 2. The molecule has 3 aromatic rings. The summed E-state index contributed by atoms with van der Waals surface area (Å²) in [6, 6.07) is 13.8. The fraction of sp³-hybridized carbons (Fsp3) is 0.190. The molecular formula is C21H23N5O. The lowest BCUT2D eigenvalue weighted by Crippen LogP contribution is -2.14. The number of carbonyl (C=O) groups excluding carboxylic acids is 1. The molecule has 0 aliphatic heterocycles. The molecule has 0 unspecified atom stereocenters. The lowest BCUT2D eigenvalue weighted by atomic mass is 10.1. The van der Waals surface area contributed by atoms with Crippen molar-refractivity contribution in [3.63, 3.8) is 0 Å². The predicted molar refractivity (Wildman–Crippen MR) is 110 cm³/mol. The van der Waals surface area contributed by atoms with Gasteiger partial charge < -0.3 is 15.5 Å². The second kappa shape index (κ2) is 7.86. The number of nitrogens with zero attached hydrogens (tertiary/aromatic N) is 3. The molecule has 0 fully saturated rings. The Labute approximate surface area is 159 Å². The van der Waals surface area contributed by atoms with Crippen molar-refractivity contribution in [2.24, 2.45) is 0 Å². The number of anilines is 4. The van der Waals surface area contributed by atoms with Gasteiger partial charge in [-0.15, -0.1) is 0 Å². The van der Waals surface area contributed by atoms with Gasteiger partial charge in [0.05, 0.1) is 12.4 Å². The third-order valence-electron chi connectivity index (χ3n) is 4.18. The zero-order valence-corrected chi connectivity index (χ0v) is 15.9. The minimum Gasteiger partial charge on any atom is -0.378 e. The van der Waals surface area contributed by atoms with E-state index in [1.165, 1.54) is 6.20 Å². The largest absolute Gasteiger partial charge is 0.378 e. The zero-order valence-electron chi connectivity index (χ0n) is 15.9. The summed E-state index contributed by atoms with van der Waals surface area (Å²) in [7, 11) is 3.94. The Morgan fingerprint density at radius 1 is 0.963 bits per heavy atom. The summed E-state index contributed by atoms with van der Waals surface area (Å²) >= 11 is 0. The van der Waals surface area contributed by atoms with Gasteiger partial charge in [-0.25, -0.2) is 9.97 Å². The van der Waals surface area contributed by atoms with Crippen molar-refractivity contribution in [1.82, 2.24) is 9.97 Å². The predicted octanol–water partition coefficient (Wildman–Crippen LogP) is 4.16. The van der Waals surface area contributed by atoms with Gasteiger partial charge in [0, 0.05) is 31.2 Å². The van der Waals surface area contributed by atoms with Crippen molar-refractivity contribution < 1.29 is 4.79 Å². The molecule has 0 saturated heterocycles. The molecule has 2 aromatic carbocycles. The van der Waals surface area contributed by atoms with Gasteiger partial charge in [-0.3, -0.25) is 4.79 Å². The number of aromatic nitrogens is 2. The van der Waals surface area contributed by atoms with E-state index in [2.05, 4.69) is 38.8 Å². The van der Waals surface area contributed by atoms with Gasteiger partial charge in [-0.2, -0.15) is 0 Å². The van der Waals surface area contributed by atoms with Crippen LogP contribution in [0, 0.1) is 13.8 Å². The van der Waals surface area contributed by atoms with Crippen LogP contribution in [-0.4, -0.2) is 30.0 Å². The molecule has 27 heavy (non-hydrogen) atoms. The second-order valence-corrected chi connectivity index (χ2v) is 6.63. The SMILES string of the molecule is Cc1ccc(C)c(Nc2cnc(C(=O)Nc3ccc(N(C)C)cc3)cn2)c1. The number of rotatable bonds is 5. The summed E-state index contributed by atoms with van der Waals surface area (Å²) in [4.78, 5) is 22.9. The Hall–Kier alpha value is -3.41. The fourth-order valence-corrected chi connectivity index (χ4v) is 2.56. The number of amides is 1. The molecule has 1 amide bonds. The number of hydrogen-bond acceptors (Lipinski definition) is 5. The highest BCUT2D eigenvalue weighted by molar-refractivity contribution is 6.02. The third-order valence-corrected chi connectivity index (χ3v) is 4.18. The van der Waals surface area contributed by atoms with Crippen molar-refractivity contribution in [1.29, 1.82) is 0 Å². The Kier molecular flexibility index (Phi) is 5.35. The molecule has 6 heteroatoms. The highest BCUT2D eigenvalue weighted by Crippen LogP contribution is 2.20. The molecule has 0 saturated carbocycles. The molecule has 138 valence electrons. The highest BCUT2D eigenvalue weighted by Gasteiger charge is 2.09. The van der Waals surface area contributed by atoms with Gasteiger partial charge in [0.2, 0.25) is 0 Å². The van der Waals surface area contributed by atoms with E-state index < -0.39 is 0 Å². The molecule has 3 rings (SSSR count). The number of nitrogens with one attached hydrogen (secondary N) is 2. The molecule has 0 spiro atoms. The maximum atomic E-state index is 12.4. The van der Waals surface area contributed by atoms with Crippen molar-refractivity contribution >= 4 is 28.8 Å². The van der Waals surface area contributed by atoms with Crippen LogP contribution in [0.25, 0.3) is 0 Å². The maximum absolute atomic E-state index is 12.4. The van der Waals surface area contributed by atoms with Crippen LogP contribution in [0.1, 0.15) is 21.6 Å². The second-order valence-electron chi connectivity index (χ2n) is 6.63. The summed E-state index contributed by atoms with van der Waals surface area (Å²) in [6.45, 7) is 4.06. The van der Waals surface area contributed by atoms with Crippen molar-refractivity contribution in [3.05, 3.63) is 71.7 Å². The Morgan fingerprint density at radius 2 is 1.70 bits per heavy atom. The average Bonchev–Trinajstić information content (AvgIpc) is 2.65. The number of benzene rings is 2. The lowest BCUT2D eigenvalue weighted by molar-refractivity contribution is 0.102. The minimum absolute atomic E-state index is 0.262. The fourth-order valence-electron chi connectivity index (χ4n) is 2.56. The van der Waals surface area contributed by atoms with Crippen LogP contribution in [0.2, 0.25) is 0 Å². The van der Waals surface area contributed by atoms with E-state index in [9.17, 15) is 4.79 Å². The van der Waals surface area contributed by atoms with Gasteiger partial charge in [0.15, 0.2) is 0 Å². The van der Waals surface area contributed by atoms with Gasteiger partial charge >= 0.3 is 0 Å². The monoisotopic (exact) mass is 361 g/mol. The molecule has 0 aliphatic carbocycles. The van der Waals surface area contributed by atoms with Crippen LogP contribution in [0.15, 0.2) is 54.9 Å². The number of carbonyl (C=O) groups is 1. The summed E-state index contributed by atoms with van der Waals surface area (Å²) in [5.74, 6) is 0.300. The summed E-state index contributed by atoms with van der Waals surface area (Å²) in [5.41, 5.74) is 5.29. The molecule has 0 atom stereocenters. The molecule has 6 nitrogen and oxygen atoms in total. The van der Waals surface area contributed by atoms with Crippen LogP contribution in [0.3, 0.4) is 0 Å². The molecule has 1 aromatic heterocycles. The van der Waals surface area contributed by atoms with Crippen molar-refractivity contribution in [2.75, 3.05) is 29.6 Å². The van der Waals surface area contributed by atoms with Crippen LogP contribution in [0.4, 0.5) is 22.9 Å². The van der Waals surface area contributed by atoms with E-state index in [0.29, 0.717) is 11.5 Å². The van der Waals surface area contributed by atoms with Gasteiger partial charge in [0.1, 0.15) is 11.5 Å². The first kappa shape index (κ1) is 18.4. The van der Waals surface area contributed by atoms with Crippen LogP contribution >= 0.6 is 0 Å². The topological polar surface area (TPSA) is 70.2 Å². The van der Waals surface area contributed by atoms with Gasteiger partial charge in [-0.1, -0.05) is 12.1 Å². The normalized spacial score (nSPS) is 10.4. The molecular weight excluding hydrogens is 338 g/mol. The van der Waals surface area contributed by atoms with E-state index >= 15 is 0 Å². The Balaban J connectivity index is 1.67. The quantitative estimate of drug-likeness (QED) is 0.714. The zero-order chi connectivity index (χ0) is 19.4. The van der Waals surface area contributed by atoms with Gasteiger partial charge in [-0.05, 0) is 55.3 Å². The highest BCUT2D eigenvalue weighted by atomic mass is 16.1. The van der Waals surface area contributed by atoms with Crippen molar-refractivity contribution in [2.45, 2.75) is 13.8 Å². The summed E-state index contributed by atoms with van der Waals surface area (Å²) in [5, 5.41) is 6.07. The number of hydrogen-bond donors (Lipinski definition) is 2. The van der Waals surface area contributed by atoms with Crippen molar-refractivity contribution in [3.8, 4) is 0 Å². The smallest absolute Gasteiger partial charge is 0.275 e. The Morgan fingerprint density at radius 3 is 2.33 bits per heavy atom. The molecule has 0 bridgehead atoms. The first-order valence-electron chi connectivity index (χ1n) is 8.67. The molecule has 1 heterocycles. The standard InChI is InChI=1S/C21H23N5O/c1-14-5-6-15(2)18(11-14)25-20-13-22-19(12-23-20)21(27)24-16-7-9-17(10-8-16)26(3)4/h5-13H,1-4H3,(H,23,25)(H,24,27).